The van der Waals surface area contributed by atoms with Crippen molar-refractivity contribution in [2.45, 2.75) is 32.4 Å². The van der Waals surface area contributed by atoms with Crippen molar-refractivity contribution in [3.8, 4) is 0 Å². The lowest BCUT2D eigenvalue weighted by molar-refractivity contribution is -0.142. The van der Waals surface area contributed by atoms with Crippen LogP contribution in [0.15, 0.2) is 42.5 Å². The van der Waals surface area contributed by atoms with Crippen LogP contribution in [0.4, 0.5) is 4.39 Å². The van der Waals surface area contributed by atoms with E-state index in [4.69, 9.17) is 0 Å². The van der Waals surface area contributed by atoms with Gasteiger partial charge in [-0.1, -0.05) is 41.5 Å². The molecule has 0 aliphatic rings. The molecule has 0 heterocycles. The van der Waals surface area contributed by atoms with E-state index < -0.39 is 29.8 Å². The number of aliphatic hydroxyl groups excluding tert-OH is 1. The molecule has 25 heavy (non-hydrogen) atoms. The number of carbonyl (C=O) groups is 2. The highest BCUT2D eigenvalue weighted by atomic mass is 19.1. The van der Waals surface area contributed by atoms with E-state index in [2.05, 4.69) is 5.32 Å². The van der Waals surface area contributed by atoms with Gasteiger partial charge in [0.15, 0.2) is 6.04 Å². The molecular formula is C19H20FNO4. The third-order valence-corrected chi connectivity index (χ3v) is 3.74. The van der Waals surface area contributed by atoms with Gasteiger partial charge in [-0.05, 0) is 37.1 Å². The molecule has 0 aromatic heterocycles. The first-order chi connectivity index (χ1) is 11.8. The van der Waals surface area contributed by atoms with E-state index >= 15 is 0 Å². The molecule has 3 N–H and O–H groups in total. The highest BCUT2D eigenvalue weighted by molar-refractivity contribution is 5.85. The summed E-state index contributed by atoms with van der Waals surface area (Å²) in [6, 6.07) is 9.36. The predicted molar refractivity (Wildman–Crippen MR) is 90.4 cm³/mol. The van der Waals surface area contributed by atoms with Gasteiger partial charge in [-0.2, -0.15) is 0 Å². The van der Waals surface area contributed by atoms with Crippen LogP contribution in [0.5, 0.6) is 0 Å². The number of aryl methyl sites for hydroxylation is 2. The van der Waals surface area contributed by atoms with Gasteiger partial charge >= 0.3 is 5.97 Å². The Bertz CT molecular complexity index is 770. The number of carboxylic acid groups (broad SMARTS) is 1. The standard InChI is InChI=1S/C19H20FNO4/c1-11-6-12(2)8-14(7-11)18(19(24)25)21-17(23)10-16(22)13-4-3-5-15(20)9-13/h3-9,16,18,22H,10H2,1-2H3,(H,21,23)(H,24,25). The first-order valence-electron chi connectivity index (χ1n) is 7.80. The summed E-state index contributed by atoms with van der Waals surface area (Å²) in [7, 11) is 0. The Morgan fingerprint density at radius 1 is 1.08 bits per heavy atom. The van der Waals surface area contributed by atoms with Crippen molar-refractivity contribution in [2.24, 2.45) is 0 Å². The zero-order valence-electron chi connectivity index (χ0n) is 14.0. The van der Waals surface area contributed by atoms with Gasteiger partial charge in [0.25, 0.3) is 0 Å². The zero-order chi connectivity index (χ0) is 18.6. The molecular weight excluding hydrogens is 325 g/mol. The lowest BCUT2D eigenvalue weighted by atomic mass is 10.0. The van der Waals surface area contributed by atoms with Crippen molar-refractivity contribution >= 4 is 11.9 Å². The lowest BCUT2D eigenvalue weighted by Gasteiger charge is -2.18. The number of hydrogen-bond donors (Lipinski definition) is 3. The van der Waals surface area contributed by atoms with Gasteiger partial charge in [-0.25, -0.2) is 9.18 Å². The third kappa shape index (κ3) is 5.12. The number of benzene rings is 2. The molecule has 0 fully saturated rings. The second-order valence-electron chi connectivity index (χ2n) is 6.03. The van der Waals surface area contributed by atoms with Crippen molar-refractivity contribution in [1.29, 1.82) is 0 Å². The summed E-state index contributed by atoms with van der Waals surface area (Å²) in [5.74, 6) is -2.35. The zero-order valence-corrected chi connectivity index (χ0v) is 14.0. The van der Waals surface area contributed by atoms with Crippen LogP contribution >= 0.6 is 0 Å². The molecule has 2 aromatic carbocycles. The van der Waals surface area contributed by atoms with Gasteiger partial charge in [-0.15, -0.1) is 0 Å². The number of carboxylic acids is 1. The van der Waals surface area contributed by atoms with E-state index in [9.17, 15) is 24.2 Å². The minimum absolute atomic E-state index is 0.258. The topological polar surface area (TPSA) is 86.6 Å². The number of aliphatic carboxylic acids is 1. The molecule has 0 aliphatic carbocycles. The predicted octanol–water partition coefficient (Wildman–Crippen LogP) is 2.81. The Labute approximate surface area is 145 Å². The van der Waals surface area contributed by atoms with Crippen LogP contribution in [-0.4, -0.2) is 22.1 Å². The number of hydrogen-bond acceptors (Lipinski definition) is 3. The van der Waals surface area contributed by atoms with Crippen molar-refractivity contribution in [3.63, 3.8) is 0 Å². The molecule has 0 bridgehead atoms. The first kappa shape index (κ1) is 18.6. The lowest BCUT2D eigenvalue weighted by Crippen LogP contribution is -2.34. The van der Waals surface area contributed by atoms with Gasteiger partial charge in [-0.3, -0.25) is 4.79 Å². The Morgan fingerprint density at radius 3 is 2.28 bits per heavy atom. The minimum Gasteiger partial charge on any atom is -0.479 e. The molecule has 2 rings (SSSR count). The van der Waals surface area contributed by atoms with E-state index in [1.54, 1.807) is 12.1 Å². The van der Waals surface area contributed by atoms with E-state index in [1.807, 2.05) is 19.9 Å². The average molecular weight is 345 g/mol. The van der Waals surface area contributed by atoms with Gasteiger partial charge in [0.1, 0.15) is 5.82 Å². The van der Waals surface area contributed by atoms with Crippen molar-refractivity contribution in [2.75, 3.05) is 0 Å². The second-order valence-corrected chi connectivity index (χ2v) is 6.03. The van der Waals surface area contributed by atoms with Crippen LogP contribution in [-0.2, 0) is 9.59 Å². The van der Waals surface area contributed by atoms with Crippen molar-refractivity contribution < 1.29 is 24.2 Å². The van der Waals surface area contributed by atoms with E-state index in [0.717, 1.165) is 17.2 Å². The largest absolute Gasteiger partial charge is 0.479 e. The Balaban J connectivity index is 2.11. The molecule has 0 saturated heterocycles. The van der Waals surface area contributed by atoms with Gasteiger partial charge in [0.05, 0.1) is 12.5 Å². The minimum atomic E-state index is -1.22. The molecule has 2 unspecified atom stereocenters. The number of nitrogens with one attached hydrogen (secondary N) is 1. The van der Waals surface area contributed by atoms with Crippen LogP contribution in [0.2, 0.25) is 0 Å². The monoisotopic (exact) mass is 345 g/mol. The van der Waals surface area contributed by atoms with Crippen LogP contribution in [0.1, 0.15) is 40.8 Å². The summed E-state index contributed by atoms with van der Waals surface area (Å²) in [4.78, 5) is 23.7. The third-order valence-electron chi connectivity index (χ3n) is 3.74. The van der Waals surface area contributed by atoms with Gasteiger partial charge in [0.2, 0.25) is 5.91 Å². The molecule has 5 nitrogen and oxygen atoms in total. The van der Waals surface area contributed by atoms with E-state index in [-0.39, 0.29) is 12.0 Å². The Hall–Kier alpha value is -2.73. The quantitative estimate of drug-likeness (QED) is 0.751. The number of amides is 1. The molecule has 132 valence electrons. The molecule has 0 saturated carbocycles. The number of halogens is 1. The maximum absolute atomic E-state index is 13.2. The summed E-state index contributed by atoms with van der Waals surface area (Å²) in [6.07, 6.45) is -1.58. The van der Waals surface area contributed by atoms with Crippen LogP contribution < -0.4 is 5.32 Å². The summed E-state index contributed by atoms with van der Waals surface area (Å²) in [6.45, 7) is 3.68. The highest BCUT2D eigenvalue weighted by Gasteiger charge is 2.24. The number of carbonyl (C=O) groups excluding carboxylic acids is 1. The van der Waals surface area contributed by atoms with Crippen LogP contribution in [0, 0.1) is 19.7 Å². The first-order valence-corrected chi connectivity index (χ1v) is 7.80. The maximum Gasteiger partial charge on any atom is 0.330 e. The Morgan fingerprint density at radius 2 is 1.72 bits per heavy atom. The fourth-order valence-corrected chi connectivity index (χ4v) is 2.69. The SMILES string of the molecule is Cc1cc(C)cc(C(NC(=O)CC(O)c2cccc(F)c2)C(=O)O)c1. The molecule has 0 aliphatic heterocycles. The van der Waals surface area contributed by atoms with Gasteiger partial charge in [0, 0.05) is 0 Å². The van der Waals surface area contributed by atoms with Crippen LogP contribution in [0.25, 0.3) is 0 Å². The van der Waals surface area contributed by atoms with E-state index in [0.29, 0.717) is 5.56 Å². The van der Waals surface area contributed by atoms with Crippen LogP contribution in [0.3, 0.4) is 0 Å². The molecule has 1 amide bonds. The summed E-state index contributed by atoms with van der Waals surface area (Å²) in [5.41, 5.74) is 2.48. The smallest absolute Gasteiger partial charge is 0.330 e. The van der Waals surface area contributed by atoms with Crippen molar-refractivity contribution in [1.82, 2.24) is 5.32 Å². The molecule has 0 radical (unpaired) electrons. The molecule has 2 atom stereocenters. The maximum atomic E-state index is 13.2. The fraction of sp³-hybridized carbons (Fsp3) is 0.263. The summed E-state index contributed by atoms with van der Waals surface area (Å²) >= 11 is 0. The van der Waals surface area contributed by atoms with Gasteiger partial charge < -0.3 is 15.5 Å². The second kappa shape index (κ2) is 7.90. The Kier molecular flexibility index (Phi) is 5.88. The fourth-order valence-electron chi connectivity index (χ4n) is 2.69. The molecule has 6 heteroatoms. The molecule has 0 spiro atoms. The summed E-state index contributed by atoms with van der Waals surface area (Å²) in [5, 5.41) is 21.9. The van der Waals surface area contributed by atoms with E-state index in [1.165, 1.54) is 18.2 Å². The highest BCUT2D eigenvalue weighted by Crippen LogP contribution is 2.20. The normalized spacial score (nSPS) is 13.1. The molecule has 2 aromatic rings. The average Bonchev–Trinajstić information content (AvgIpc) is 2.51. The van der Waals surface area contributed by atoms with Crippen molar-refractivity contribution in [3.05, 3.63) is 70.5 Å². The summed E-state index contributed by atoms with van der Waals surface area (Å²) < 4.78 is 13.2. The number of aliphatic hydroxyl groups is 1. The number of rotatable bonds is 6.